The van der Waals surface area contributed by atoms with E-state index in [9.17, 15) is 4.79 Å². The van der Waals surface area contributed by atoms with Gasteiger partial charge in [-0.05, 0) is 24.3 Å². The molecule has 0 spiro atoms. The summed E-state index contributed by atoms with van der Waals surface area (Å²) in [6.45, 7) is 0. The van der Waals surface area contributed by atoms with Crippen LogP contribution >= 0.6 is 11.6 Å². The molecule has 0 saturated carbocycles. The smallest absolute Gasteiger partial charge is 0.261 e. The monoisotopic (exact) mass is 250 g/mol. The minimum absolute atomic E-state index is 0.201. The summed E-state index contributed by atoms with van der Waals surface area (Å²) >= 11 is 5.88. The molecular formula is C12H11ClN2O2. The second-order valence-electron chi connectivity index (χ2n) is 3.58. The minimum atomic E-state index is -0.201. The summed E-state index contributed by atoms with van der Waals surface area (Å²) in [4.78, 5) is 13.5. The van der Waals surface area contributed by atoms with Gasteiger partial charge in [0.05, 0.1) is 23.2 Å². The molecular weight excluding hydrogens is 240 g/mol. The van der Waals surface area contributed by atoms with Gasteiger partial charge in [0.25, 0.3) is 5.91 Å². The Morgan fingerprint density at radius 3 is 2.82 bits per heavy atom. The Labute approximate surface area is 104 Å². The Morgan fingerprint density at radius 1 is 1.41 bits per heavy atom. The number of nitrogens with two attached hydrogens (primary N) is 1. The number of carbonyl (C=O) groups is 1. The predicted molar refractivity (Wildman–Crippen MR) is 67.3 cm³/mol. The molecule has 17 heavy (non-hydrogen) atoms. The molecule has 0 atom stereocenters. The third-order valence-corrected chi connectivity index (χ3v) is 2.66. The number of hydrogen-bond donors (Lipinski definition) is 1. The molecule has 1 aromatic carbocycles. The van der Waals surface area contributed by atoms with Crippen molar-refractivity contribution in [3.8, 4) is 0 Å². The lowest BCUT2D eigenvalue weighted by atomic mass is 10.2. The average Bonchev–Trinajstić information content (AvgIpc) is 2.84. The van der Waals surface area contributed by atoms with E-state index in [-0.39, 0.29) is 5.91 Å². The molecule has 0 aliphatic carbocycles. The number of nitrogen functional groups attached to an aromatic ring is 1. The number of hydrogen-bond acceptors (Lipinski definition) is 3. The van der Waals surface area contributed by atoms with E-state index >= 15 is 0 Å². The second kappa shape index (κ2) is 4.51. The zero-order valence-electron chi connectivity index (χ0n) is 9.18. The predicted octanol–water partition coefficient (Wildman–Crippen LogP) is 2.79. The summed E-state index contributed by atoms with van der Waals surface area (Å²) < 4.78 is 4.87. The van der Waals surface area contributed by atoms with Gasteiger partial charge in [-0.1, -0.05) is 11.6 Å². The van der Waals surface area contributed by atoms with Crippen molar-refractivity contribution in [3.05, 3.63) is 47.4 Å². The topological polar surface area (TPSA) is 59.5 Å². The lowest BCUT2D eigenvalue weighted by Gasteiger charge is -2.18. The number of amides is 1. The fourth-order valence-electron chi connectivity index (χ4n) is 1.50. The van der Waals surface area contributed by atoms with Crippen LogP contribution in [0.4, 0.5) is 11.4 Å². The Morgan fingerprint density at radius 2 is 2.18 bits per heavy atom. The van der Waals surface area contributed by atoms with Gasteiger partial charge in [-0.15, -0.1) is 0 Å². The Kier molecular flexibility index (Phi) is 3.06. The number of benzene rings is 1. The molecule has 88 valence electrons. The quantitative estimate of drug-likeness (QED) is 0.834. The highest BCUT2D eigenvalue weighted by Gasteiger charge is 2.16. The van der Waals surface area contributed by atoms with E-state index in [4.69, 9.17) is 21.8 Å². The first-order chi connectivity index (χ1) is 8.09. The van der Waals surface area contributed by atoms with Crippen molar-refractivity contribution in [2.24, 2.45) is 0 Å². The Bertz CT molecular complexity index is 537. The van der Waals surface area contributed by atoms with Crippen molar-refractivity contribution in [2.75, 3.05) is 17.7 Å². The van der Waals surface area contributed by atoms with Crippen LogP contribution in [-0.2, 0) is 0 Å². The first-order valence-electron chi connectivity index (χ1n) is 4.95. The van der Waals surface area contributed by atoms with E-state index < -0.39 is 0 Å². The van der Waals surface area contributed by atoms with Crippen molar-refractivity contribution in [2.45, 2.75) is 0 Å². The molecule has 0 aliphatic heterocycles. The van der Waals surface area contributed by atoms with Crippen LogP contribution in [0, 0.1) is 0 Å². The highest BCUT2D eigenvalue weighted by atomic mass is 35.5. The number of halogens is 1. The molecule has 4 nitrogen and oxygen atoms in total. The standard InChI is InChI=1S/C12H11ClN2O2/c1-15(12(16)8-4-5-17-7-8)11-6-9(13)2-3-10(11)14/h2-7H,14H2,1H3. The van der Waals surface area contributed by atoms with Crippen molar-refractivity contribution >= 4 is 28.9 Å². The Balaban J connectivity index is 2.34. The summed E-state index contributed by atoms with van der Waals surface area (Å²) in [6, 6.07) is 6.59. The van der Waals surface area contributed by atoms with Gasteiger partial charge in [0.2, 0.25) is 0 Å². The molecule has 5 heteroatoms. The molecule has 0 unspecified atom stereocenters. The lowest BCUT2D eigenvalue weighted by Crippen LogP contribution is -2.26. The van der Waals surface area contributed by atoms with Crippen molar-refractivity contribution in [3.63, 3.8) is 0 Å². The van der Waals surface area contributed by atoms with Crippen LogP contribution in [-0.4, -0.2) is 13.0 Å². The lowest BCUT2D eigenvalue weighted by molar-refractivity contribution is 0.0992. The largest absolute Gasteiger partial charge is 0.472 e. The van der Waals surface area contributed by atoms with Gasteiger partial charge in [-0.25, -0.2) is 0 Å². The van der Waals surface area contributed by atoms with Crippen LogP contribution in [0.2, 0.25) is 5.02 Å². The first-order valence-corrected chi connectivity index (χ1v) is 5.32. The molecule has 0 saturated heterocycles. The molecule has 0 aliphatic rings. The van der Waals surface area contributed by atoms with Gasteiger partial charge in [0.15, 0.2) is 0 Å². The molecule has 0 fully saturated rings. The van der Waals surface area contributed by atoms with Crippen molar-refractivity contribution < 1.29 is 9.21 Å². The van der Waals surface area contributed by atoms with Crippen LogP contribution in [0.3, 0.4) is 0 Å². The maximum absolute atomic E-state index is 12.0. The molecule has 2 rings (SSSR count). The van der Waals surface area contributed by atoms with Crippen LogP contribution in [0.1, 0.15) is 10.4 Å². The number of carbonyl (C=O) groups excluding carboxylic acids is 1. The normalized spacial score (nSPS) is 10.2. The molecule has 2 N–H and O–H groups in total. The number of furan rings is 1. The van der Waals surface area contributed by atoms with Crippen LogP contribution in [0.25, 0.3) is 0 Å². The molecule has 1 heterocycles. The van der Waals surface area contributed by atoms with Gasteiger partial charge < -0.3 is 15.1 Å². The van der Waals surface area contributed by atoms with E-state index in [2.05, 4.69) is 0 Å². The molecule has 0 bridgehead atoms. The van der Waals surface area contributed by atoms with Crippen LogP contribution < -0.4 is 10.6 Å². The third-order valence-electron chi connectivity index (χ3n) is 2.43. The summed E-state index contributed by atoms with van der Waals surface area (Å²) in [5.41, 5.74) is 7.34. The highest BCUT2D eigenvalue weighted by Crippen LogP contribution is 2.27. The SMILES string of the molecule is CN(C(=O)c1ccoc1)c1cc(Cl)ccc1N. The summed E-state index contributed by atoms with van der Waals surface area (Å²) in [7, 11) is 1.64. The Hall–Kier alpha value is -1.94. The van der Waals surface area contributed by atoms with E-state index in [0.29, 0.717) is 22.0 Å². The van der Waals surface area contributed by atoms with E-state index in [1.54, 1.807) is 31.3 Å². The summed E-state index contributed by atoms with van der Waals surface area (Å²) in [6.07, 6.45) is 2.84. The van der Waals surface area contributed by atoms with Gasteiger partial charge in [-0.3, -0.25) is 4.79 Å². The minimum Gasteiger partial charge on any atom is -0.472 e. The number of rotatable bonds is 2. The third kappa shape index (κ3) is 2.26. The van der Waals surface area contributed by atoms with E-state index in [1.807, 2.05) is 0 Å². The molecule has 1 amide bonds. The number of nitrogens with zero attached hydrogens (tertiary/aromatic N) is 1. The maximum atomic E-state index is 12.0. The average molecular weight is 251 g/mol. The first kappa shape index (κ1) is 11.5. The zero-order valence-corrected chi connectivity index (χ0v) is 9.94. The zero-order chi connectivity index (χ0) is 12.4. The van der Waals surface area contributed by atoms with Crippen LogP contribution in [0.15, 0.2) is 41.2 Å². The van der Waals surface area contributed by atoms with Gasteiger partial charge in [-0.2, -0.15) is 0 Å². The summed E-state index contributed by atoms with van der Waals surface area (Å²) in [5.74, 6) is -0.201. The molecule has 2 aromatic rings. The van der Waals surface area contributed by atoms with E-state index in [1.165, 1.54) is 17.4 Å². The van der Waals surface area contributed by atoms with Crippen molar-refractivity contribution in [1.82, 2.24) is 0 Å². The van der Waals surface area contributed by atoms with E-state index in [0.717, 1.165) is 0 Å². The van der Waals surface area contributed by atoms with Gasteiger partial charge in [0.1, 0.15) is 6.26 Å². The van der Waals surface area contributed by atoms with Crippen LogP contribution in [0.5, 0.6) is 0 Å². The highest BCUT2D eigenvalue weighted by molar-refractivity contribution is 6.31. The van der Waals surface area contributed by atoms with Crippen molar-refractivity contribution in [1.29, 1.82) is 0 Å². The maximum Gasteiger partial charge on any atom is 0.261 e. The fourth-order valence-corrected chi connectivity index (χ4v) is 1.66. The molecule has 0 radical (unpaired) electrons. The second-order valence-corrected chi connectivity index (χ2v) is 4.02. The van der Waals surface area contributed by atoms with Gasteiger partial charge in [0, 0.05) is 12.1 Å². The number of anilines is 2. The van der Waals surface area contributed by atoms with Gasteiger partial charge >= 0.3 is 0 Å². The fraction of sp³-hybridized carbons (Fsp3) is 0.0833. The summed E-state index contributed by atoms with van der Waals surface area (Å²) in [5, 5.41) is 0.529. The molecule has 1 aromatic heterocycles.